The van der Waals surface area contributed by atoms with Crippen LogP contribution in [0.5, 0.6) is 11.5 Å². The number of alkyl halides is 6. The third-order valence-electron chi connectivity index (χ3n) is 9.16. The van der Waals surface area contributed by atoms with Crippen molar-refractivity contribution in [2.75, 3.05) is 14.2 Å². The minimum Gasteiger partial charge on any atom is -0.476 e. The first-order chi connectivity index (χ1) is 27.0. The van der Waals surface area contributed by atoms with Gasteiger partial charge in [0.05, 0.1) is 13.2 Å². The Bertz CT molecular complexity index is 1920. The Kier molecular flexibility index (Phi) is 17.0. The summed E-state index contributed by atoms with van der Waals surface area (Å²) in [4.78, 5) is 22.8. The fourth-order valence-electron chi connectivity index (χ4n) is 6.38. The zero-order chi connectivity index (χ0) is 41.9. The van der Waals surface area contributed by atoms with Gasteiger partial charge in [-0.1, -0.05) is 60.7 Å². The Morgan fingerprint density at radius 1 is 0.638 bits per heavy atom. The molecule has 2 aliphatic rings. The molecule has 316 valence electrons. The molecule has 0 aromatic heterocycles. The van der Waals surface area contributed by atoms with Crippen molar-refractivity contribution in [2.24, 2.45) is 5.73 Å². The van der Waals surface area contributed by atoms with E-state index in [0.29, 0.717) is 25.7 Å². The minimum atomic E-state index is -4.78. The highest BCUT2D eigenvalue weighted by Crippen LogP contribution is 2.40. The number of carbonyl (C=O) groups excluding carboxylic acids is 2. The zero-order valence-electron chi connectivity index (χ0n) is 31.3. The Balaban J connectivity index is 0.000000293. The van der Waals surface area contributed by atoms with Crippen LogP contribution < -0.4 is 32.0 Å². The predicted molar refractivity (Wildman–Crippen MR) is 197 cm³/mol. The molecule has 8 N–H and O–H groups in total. The van der Waals surface area contributed by atoms with E-state index >= 15 is 0 Å². The lowest BCUT2D eigenvalue weighted by molar-refractivity contribution is -0.199. The first kappa shape index (κ1) is 47.1. The Morgan fingerprint density at radius 2 is 1.00 bits per heavy atom. The number of rotatable bonds is 10. The molecule has 58 heavy (non-hydrogen) atoms. The minimum absolute atomic E-state index is 0. The molecule has 2 unspecified atom stereocenters. The quantitative estimate of drug-likeness (QED) is 0.0786. The number of methoxy groups -OCH3 is 1. The van der Waals surface area contributed by atoms with Gasteiger partial charge in [-0.15, -0.1) is 0 Å². The van der Waals surface area contributed by atoms with Crippen LogP contribution in [0.15, 0.2) is 97.1 Å². The number of hydrogen-bond donors (Lipinski definition) is 5. The average Bonchev–Trinajstić information content (AvgIpc) is 3.89. The molecule has 0 saturated carbocycles. The van der Waals surface area contributed by atoms with Gasteiger partial charge in [0.2, 0.25) is 18.1 Å². The molecule has 0 radical (unpaired) electrons. The van der Waals surface area contributed by atoms with E-state index in [1.165, 1.54) is 55.6 Å². The third kappa shape index (κ3) is 12.3. The highest BCUT2D eigenvalue weighted by atomic mass is 19.4. The molecule has 1 amide bonds. The van der Waals surface area contributed by atoms with Crippen LogP contribution in [0.2, 0.25) is 0 Å². The van der Waals surface area contributed by atoms with Crippen LogP contribution in [-0.2, 0) is 14.3 Å². The lowest BCUT2D eigenvalue weighted by Crippen LogP contribution is -2.37. The molecule has 4 aromatic carbocycles. The summed E-state index contributed by atoms with van der Waals surface area (Å²) < 4.78 is 123. The van der Waals surface area contributed by atoms with Crippen molar-refractivity contribution in [1.82, 2.24) is 16.8 Å². The van der Waals surface area contributed by atoms with Gasteiger partial charge in [0.1, 0.15) is 29.2 Å². The van der Waals surface area contributed by atoms with Crippen molar-refractivity contribution in [1.29, 1.82) is 0 Å². The molecule has 10 nitrogen and oxygen atoms in total. The maximum atomic E-state index is 13.8. The molecule has 0 spiro atoms. The number of hydrogen-bond acceptors (Lipinski definition) is 9. The van der Waals surface area contributed by atoms with Crippen molar-refractivity contribution in [3.8, 4) is 11.5 Å². The molecule has 6 atom stereocenters. The van der Waals surface area contributed by atoms with Gasteiger partial charge in [-0.3, -0.25) is 20.2 Å². The number of benzene rings is 4. The zero-order valence-corrected chi connectivity index (χ0v) is 31.3. The average molecular weight is 829 g/mol. The Hall–Kier alpha value is -5.30. The number of carbonyl (C=O) groups is 2. The van der Waals surface area contributed by atoms with Crippen LogP contribution in [0.25, 0.3) is 0 Å². The van der Waals surface area contributed by atoms with E-state index in [1.807, 2.05) is 0 Å². The van der Waals surface area contributed by atoms with E-state index in [2.05, 4.69) is 10.6 Å². The highest BCUT2D eigenvalue weighted by Gasteiger charge is 2.45. The first-order valence-corrected chi connectivity index (χ1v) is 17.5. The van der Waals surface area contributed by atoms with Gasteiger partial charge in [-0.05, 0) is 73.2 Å². The molecule has 2 fully saturated rings. The van der Waals surface area contributed by atoms with E-state index in [-0.39, 0.29) is 35.7 Å². The van der Waals surface area contributed by atoms with E-state index in [9.17, 15) is 44.7 Å². The molecule has 6 rings (SSSR count). The van der Waals surface area contributed by atoms with Gasteiger partial charge in [0.25, 0.3) is 0 Å². The molecular weight excluding hydrogens is 784 g/mol. The summed E-state index contributed by atoms with van der Waals surface area (Å²) in [5.41, 5.74) is 5.74. The lowest BCUT2D eigenvalue weighted by Gasteiger charge is -2.23. The number of nitrogens with two attached hydrogens (primary N) is 1. The molecule has 2 saturated heterocycles. The number of aliphatic hydroxyl groups excluding tert-OH is 1. The number of primary amides is 1. The van der Waals surface area contributed by atoms with Gasteiger partial charge in [-0.2, -0.15) is 26.3 Å². The highest BCUT2D eigenvalue weighted by molar-refractivity contribution is 5.80. The van der Waals surface area contributed by atoms with E-state index in [4.69, 9.17) is 25.1 Å². The van der Waals surface area contributed by atoms with Crippen LogP contribution in [0, 0.1) is 11.6 Å². The monoisotopic (exact) mass is 828 g/mol. The van der Waals surface area contributed by atoms with Gasteiger partial charge in [0.15, 0.2) is 0 Å². The summed E-state index contributed by atoms with van der Waals surface area (Å²) in [6.45, 7) is 0. The smallest absolute Gasteiger partial charge is 0.429 e. The normalized spacial score (nSPS) is 19.8. The van der Waals surface area contributed by atoms with Crippen molar-refractivity contribution < 1.29 is 64.0 Å². The summed E-state index contributed by atoms with van der Waals surface area (Å²) in [5.74, 6) is -2.81. The second-order valence-electron chi connectivity index (χ2n) is 12.9. The van der Waals surface area contributed by atoms with Crippen molar-refractivity contribution in [3.63, 3.8) is 0 Å². The molecule has 0 aliphatic carbocycles. The molecule has 2 aliphatic heterocycles. The standard InChI is InChI=1S/C20H19F4NO3.C19H18F4N2O2.CH4O.H3N/c1-27-19(26)17-11-10-16(25-17)12-6-8-13(9-7-12)28-18(20(22,23)24)14-4-2-3-5-15(14)21;20-14-4-2-1-3-13(14)17(19(21,22)23)27-12-7-5-11(6-8-12)15-9-10-16(25-15)18(24)26;1-2;/h2-9,16-18,25H,10-11H2,1H3;1-8,15-17,25H,9-10H2,(H2,24,26);2H,1H3;1H3/t16-,17+,18?;15-,16+,17?;;/m11../s1. The van der Waals surface area contributed by atoms with Gasteiger partial charge in [-0.25, -0.2) is 8.78 Å². The third-order valence-corrected chi connectivity index (χ3v) is 9.16. The molecule has 0 bridgehead atoms. The van der Waals surface area contributed by atoms with Crippen LogP contribution in [0.3, 0.4) is 0 Å². The molecule has 18 heteroatoms. The first-order valence-electron chi connectivity index (χ1n) is 17.5. The van der Waals surface area contributed by atoms with Gasteiger partial charge < -0.3 is 31.2 Å². The van der Waals surface area contributed by atoms with Crippen molar-refractivity contribution in [2.45, 2.75) is 74.4 Å². The molecule has 2 heterocycles. The van der Waals surface area contributed by atoms with Gasteiger partial charge in [0, 0.05) is 30.3 Å². The van der Waals surface area contributed by atoms with Crippen LogP contribution in [-0.4, -0.2) is 55.6 Å². The largest absolute Gasteiger partial charge is 0.476 e. The maximum Gasteiger partial charge on any atom is 0.429 e. The number of nitrogens with one attached hydrogen (secondary N) is 2. The summed E-state index contributed by atoms with van der Waals surface area (Å²) in [5, 5.41) is 13.2. The van der Waals surface area contributed by atoms with Gasteiger partial charge >= 0.3 is 18.3 Å². The number of esters is 1. The Labute approximate surface area is 329 Å². The number of amides is 1. The van der Waals surface area contributed by atoms with E-state index < -0.39 is 65.3 Å². The van der Waals surface area contributed by atoms with E-state index in [1.54, 1.807) is 24.3 Å². The number of halogens is 8. The summed E-state index contributed by atoms with van der Waals surface area (Å²) in [6, 6.07) is 20.4. The summed E-state index contributed by atoms with van der Waals surface area (Å²) in [6.07, 6.45) is -11.8. The topological polar surface area (TPSA) is 167 Å². The SMILES string of the molecule is CO.COC(=O)[C@@H]1CC[C@H](c2ccc(OC(c3ccccc3F)C(F)(F)F)cc2)N1.N.NC(=O)[C@@H]1CC[C@H](c2ccc(OC(c3ccccc3F)C(F)(F)F)cc2)N1. The van der Waals surface area contributed by atoms with E-state index in [0.717, 1.165) is 42.5 Å². The second kappa shape index (κ2) is 20.9. The summed E-state index contributed by atoms with van der Waals surface area (Å²) >= 11 is 0. The van der Waals surface area contributed by atoms with Crippen LogP contribution >= 0.6 is 0 Å². The van der Waals surface area contributed by atoms with Crippen molar-refractivity contribution in [3.05, 3.63) is 131 Å². The van der Waals surface area contributed by atoms with Crippen LogP contribution in [0.4, 0.5) is 35.1 Å². The lowest BCUT2D eigenvalue weighted by atomic mass is 10.0. The summed E-state index contributed by atoms with van der Waals surface area (Å²) in [7, 11) is 2.32. The van der Waals surface area contributed by atoms with Crippen LogP contribution in [0.1, 0.15) is 72.2 Å². The fraction of sp³-hybridized carbons (Fsp3) is 0.350. The molecular formula is C40H44F8N4O6. The predicted octanol–water partition coefficient (Wildman–Crippen LogP) is 8.03. The maximum absolute atomic E-state index is 13.8. The number of aliphatic hydroxyl groups is 1. The number of ether oxygens (including phenoxy) is 3. The second-order valence-corrected chi connectivity index (χ2v) is 12.9. The van der Waals surface area contributed by atoms with Crippen molar-refractivity contribution >= 4 is 11.9 Å². The molecule has 4 aromatic rings. The Morgan fingerprint density at radius 3 is 1.33 bits per heavy atom. The fourth-order valence-corrected chi connectivity index (χ4v) is 6.38.